The Labute approximate surface area is 120 Å². The van der Waals surface area contributed by atoms with Gasteiger partial charge in [-0.05, 0) is 17.7 Å². The summed E-state index contributed by atoms with van der Waals surface area (Å²) in [6.07, 6.45) is 0.282. The van der Waals surface area contributed by atoms with Crippen LogP contribution >= 0.6 is 15.9 Å². The van der Waals surface area contributed by atoms with E-state index in [1.165, 1.54) is 0 Å². The van der Waals surface area contributed by atoms with Crippen LogP contribution < -0.4 is 5.32 Å². The van der Waals surface area contributed by atoms with Gasteiger partial charge in [0.15, 0.2) is 0 Å². The Morgan fingerprint density at radius 3 is 2.84 bits per heavy atom. The summed E-state index contributed by atoms with van der Waals surface area (Å²) in [4.78, 5) is 23.8. The molecule has 0 spiro atoms. The van der Waals surface area contributed by atoms with E-state index in [4.69, 9.17) is 4.74 Å². The van der Waals surface area contributed by atoms with Crippen LogP contribution in [0.15, 0.2) is 28.7 Å². The Hall–Kier alpha value is -1.20. The van der Waals surface area contributed by atoms with Crippen LogP contribution in [-0.2, 0) is 14.3 Å². The van der Waals surface area contributed by atoms with Crippen LogP contribution in [0.1, 0.15) is 24.8 Å². The van der Waals surface area contributed by atoms with Crippen molar-refractivity contribution in [3.63, 3.8) is 0 Å². The van der Waals surface area contributed by atoms with Gasteiger partial charge in [0.1, 0.15) is 0 Å². The van der Waals surface area contributed by atoms with Gasteiger partial charge in [-0.15, -0.1) is 0 Å². The van der Waals surface area contributed by atoms with E-state index in [9.17, 15) is 9.59 Å². The van der Waals surface area contributed by atoms with E-state index in [1.54, 1.807) is 7.11 Å². The second-order valence-electron chi connectivity index (χ2n) is 5.16. The number of amides is 2. The Morgan fingerprint density at radius 1 is 1.47 bits per heavy atom. The molecule has 2 amide bonds. The summed E-state index contributed by atoms with van der Waals surface area (Å²) in [5, 5.41) is 2.41. The van der Waals surface area contributed by atoms with Crippen molar-refractivity contribution in [2.45, 2.75) is 19.3 Å². The van der Waals surface area contributed by atoms with Gasteiger partial charge in [0, 0.05) is 23.4 Å². The van der Waals surface area contributed by atoms with Gasteiger partial charge >= 0.3 is 0 Å². The molecular formula is C14H16BrNO3. The SMILES string of the molecule is COCC1(C)CC(=O)NC(=O)C1c1cccc(Br)c1. The molecule has 0 bridgehead atoms. The minimum absolute atomic E-state index is 0.240. The third kappa shape index (κ3) is 2.87. The first-order chi connectivity index (χ1) is 8.96. The molecular weight excluding hydrogens is 310 g/mol. The van der Waals surface area contributed by atoms with E-state index in [0.29, 0.717) is 6.61 Å². The lowest BCUT2D eigenvalue weighted by atomic mass is 9.69. The third-order valence-electron chi connectivity index (χ3n) is 3.44. The number of ether oxygens (including phenoxy) is 1. The first-order valence-electron chi connectivity index (χ1n) is 6.04. The van der Waals surface area contributed by atoms with Gasteiger partial charge in [-0.2, -0.15) is 0 Å². The van der Waals surface area contributed by atoms with E-state index in [1.807, 2.05) is 31.2 Å². The van der Waals surface area contributed by atoms with Crippen LogP contribution in [0, 0.1) is 5.41 Å². The molecule has 2 atom stereocenters. The number of hydrogen-bond acceptors (Lipinski definition) is 3. The van der Waals surface area contributed by atoms with Crippen molar-refractivity contribution >= 4 is 27.7 Å². The van der Waals surface area contributed by atoms with Crippen molar-refractivity contribution in [2.75, 3.05) is 13.7 Å². The molecule has 1 N–H and O–H groups in total. The van der Waals surface area contributed by atoms with Crippen molar-refractivity contribution in [2.24, 2.45) is 5.41 Å². The summed E-state index contributed by atoms with van der Waals surface area (Å²) in [7, 11) is 1.58. The smallest absolute Gasteiger partial charge is 0.234 e. The van der Waals surface area contributed by atoms with Crippen molar-refractivity contribution in [3.8, 4) is 0 Å². The lowest BCUT2D eigenvalue weighted by Crippen LogP contribution is -2.51. The van der Waals surface area contributed by atoms with E-state index >= 15 is 0 Å². The summed E-state index contributed by atoms with van der Waals surface area (Å²) in [5.74, 6) is -0.882. The van der Waals surface area contributed by atoms with Crippen LogP contribution in [0.4, 0.5) is 0 Å². The summed E-state index contributed by atoms with van der Waals surface area (Å²) in [6.45, 7) is 2.28. The van der Waals surface area contributed by atoms with Crippen LogP contribution in [0.5, 0.6) is 0 Å². The van der Waals surface area contributed by atoms with Gasteiger partial charge < -0.3 is 4.74 Å². The zero-order chi connectivity index (χ0) is 14.0. The number of benzene rings is 1. The van der Waals surface area contributed by atoms with E-state index in [0.717, 1.165) is 10.0 Å². The predicted octanol–water partition coefficient (Wildman–Crippen LogP) is 2.23. The number of piperidine rings is 1. The fourth-order valence-electron chi connectivity index (χ4n) is 2.74. The molecule has 0 saturated carbocycles. The Kier molecular flexibility index (Phi) is 4.06. The Bertz CT molecular complexity index is 517. The van der Waals surface area contributed by atoms with Crippen molar-refractivity contribution < 1.29 is 14.3 Å². The largest absolute Gasteiger partial charge is 0.384 e. The number of carbonyl (C=O) groups excluding carboxylic acids is 2. The maximum Gasteiger partial charge on any atom is 0.234 e. The van der Waals surface area contributed by atoms with Crippen LogP contribution in [0.25, 0.3) is 0 Å². The van der Waals surface area contributed by atoms with E-state index < -0.39 is 5.41 Å². The third-order valence-corrected chi connectivity index (χ3v) is 3.94. The zero-order valence-corrected chi connectivity index (χ0v) is 12.5. The van der Waals surface area contributed by atoms with Crippen LogP contribution in [-0.4, -0.2) is 25.5 Å². The first-order valence-corrected chi connectivity index (χ1v) is 6.84. The molecule has 1 aliphatic rings. The van der Waals surface area contributed by atoms with Crippen molar-refractivity contribution in [1.29, 1.82) is 0 Å². The number of halogens is 1. The van der Waals surface area contributed by atoms with Crippen molar-refractivity contribution in [1.82, 2.24) is 5.32 Å². The average Bonchev–Trinajstić information content (AvgIpc) is 2.27. The summed E-state index contributed by atoms with van der Waals surface area (Å²) >= 11 is 3.41. The highest BCUT2D eigenvalue weighted by molar-refractivity contribution is 9.10. The number of hydrogen-bond donors (Lipinski definition) is 1. The highest BCUT2D eigenvalue weighted by atomic mass is 79.9. The molecule has 19 heavy (non-hydrogen) atoms. The summed E-state index contributed by atoms with van der Waals surface area (Å²) < 4.78 is 6.13. The van der Waals surface area contributed by atoms with E-state index in [-0.39, 0.29) is 24.2 Å². The number of methoxy groups -OCH3 is 1. The number of imide groups is 1. The van der Waals surface area contributed by atoms with Crippen molar-refractivity contribution in [3.05, 3.63) is 34.3 Å². The average molecular weight is 326 g/mol. The lowest BCUT2D eigenvalue weighted by Gasteiger charge is -2.39. The fourth-order valence-corrected chi connectivity index (χ4v) is 3.16. The molecule has 0 aliphatic carbocycles. The van der Waals surface area contributed by atoms with Crippen LogP contribution in [0.3, 0.4) is 0 Å². The molecule has 2 rings (SSSR count). The number of carbonyl (C=O) groups is 2. The Balaban J connectivity index is 2.43. The number of nitrogens with one attached hydrogen (secondary N) is 1. The Morgan fingerprint density at radius 2 is 2.21 bits per heavy atom. The van der Waals surface area contributed by atoms with Gasteiger partial charge in [-0.3, -0.25) is 14.9 Å². The molecule has 102 valence electrons. The topological polar surface area (TPSA) is 55.4 Å². The molecule has 1 saturated heterocycles. The molecule has 1 aliphatic heterocycles. The second kappa shape index (κ2) is 5.43. The summed E-state index contributed by atoms with van der Waals surface area (Å²) in [5.41, 5.74) is 0.369. The minimum Gasteiger partial charge on any atom is -0.384 e. The minimum atomic E-state index is -0.519. The highest BCUT2D eigenvalue weighted by Crippen LogP contribution is 2.42. The quantitative estimate of drug-likeness (QED) is 0.867. The van der Waals surface area contributed by atoms with Gasteiger partial charge in [0.25, 0.3) is 0 Å². The molecule has 1 heterocycles. The van der Waals surface area contributed by atoms with Gasteiger partial charge in [0.2, 0.25) is 11.8 Å². The van der Waals surface area contributed by atoms with Gasteiger partial charge in [0.05, 0.1) is 12.5 Å². The maximum atomic E-state index is 12.2. The van der Waals surface area contributed by atoms with E-state index in [2.05, 4.69) is 21.2 Å². The monoisotopic (exact) mass is 325 g/mol. The highest BCUT2D eigenvalue weighted by Gasteiger charge is 2.46. The zero-order valence-electron chi connectivity index (χ0n) is 10.9. The molecule has 2 unspecified atom stereocenters. The summed E-state index contributed by atoms with van der Waals surface area (Å²) in [6, 6.07) is 7.60. The molecule has 5 heteroatoms. The maximum absolute atomic E-state index is 12.2. The lowest BCUT2D eigenvalue weighted by molar-refractivity contribution is -0.141. The first kappa shape index (κ1) is 14.2. The van der Waals surface area contributed by atoms with Gasteiger partial charge in [-0.1, -0.05) is 35.0 Å². The number of rotatable bonds is 3. The molecule has 1 fully saturated rings. The molecule has 0 aromatic heterocycles. The molecule has 1 aromatic rings. The van der Waals surface area contributed by atoms with Crippen LogP contribution in [0.2, 0.25) is 0 Å². The fraction of sp³-hybridized carbons (Fsp3) is 0.429. The normalized spacial score (nSPS) is 27.2. The standard InChI is InChI=1S/C14H16BrNO3/c1-14(8-19-2)7-11(17)16-13(18)12(14)9-4-3-5-10(15)6-9/h3-6,12H,7-8H2,1-2H3,(H,16,17,18). The predicted molar refractivity (Wildman–Crippen MR) is 74.6 cm³/mol. The molecule has 4 nitrogen and oxygen atoms in total. The second-order valence-corrected chi connectivity index (χ2v) is 6.08. The molecule has 1 aromatic carbocycles. The molecule has 0 radical (unpaired) electrons. The van der Waals surface area contributed by atoms with Gasteiger partial charge in [-0.25, -0.2) is 0 Å².